The first-order valence-corrected chi connectivity index (χ1v) is 8.49. The molecule has 0 radical (unpaired) electrons. The van der Waals surface area contributed by atoms with Crippen LogP contribution in [0.4, 0.5) is 5.69 Å². The first-order chi connectivity index (χ1) is 10.1. The van der Waals surface area contributed by atoms with Crippen LogP contribution in [-0.4, -0.2) is 11.5 Å². The Kier molecular flexibility index (Phi) is 5.76. The van der Waals surface area contributed by atoms with E-state index in [-0.39, 0.29) is 16.0 Å². The van der Waals surface area contributed by atoms with Gasteiger partial charge in [0, 0.05) is 6.07 Å². The lowest BCUT2D eigenvalue weighted by Gasteiger charge is -2.35. The van der Waals surface area contributed by atoms with Crippen molar-refractivity contribution in [2.75, 3.05) is 6.54 Å². The van der Waals surface area contributed by atoms with Crippen molar-refractivity contribution in [3.8, 4) is 0 Å². The highest BCUT2D eigenvalue weighted by Crippen LogP contribution is 2.39. The molecule has 1 aromatic rings. The Morgan fingerprint density at radius 1 is 1.19 bits per heavy atom. The molecule has 0 heterocycles. The number of halogens is 1. The van der Waals surface area contributed by atoms with Crippen molar-refractivity contribution in [2.24, 2.45) is 11.1 Å². The maximum atomic E-state index is 11.1. The van der Waals surface area contributed by atoms with Crippen LogP contribution in [-0.2, 0) is 6.42 Å². The average molecular weight is 355 g/mol. The fraction of sp³-hybridized carbons (Fsp3) is 0.625. The molecule has 2 rings (SSSR count). The Morgan fingerprint density at radius 3 is 2.38 bits per heavy atom. The second-order valence-corrected chi connectivity index (χ2v) is 6.95. The van der Waals surface area contributed by atoms with Gasteiger partial charge in [-0.1, -0.05) is 44.2 Å². The number of nitro groups is 1. The van der Waals surface area contributed by atoms with Gasteiger partial charge in [0.2, 0.25) is 0 Å². The molecule has 1 fully saturated rings. The Labute approximate surface area is 134 Å². The molecule has 21 heavy (non-hydrogen) atoms. The molecule has 1 aliphatic carbocycles. The fourth-order valence-corrected chi connectivity index (χ4v) is 3.91. The van der Waals surface area contributed by atoms with Gasteiger partial charge in [-0.25, -0.2) is 0 Å². The summed E-state index contributed by atoms with van der Waals surface area (Å²) in [6, 6.07) is 5.29. The zero-order chi connectivity index (χ0) is 15.3. The van der Waals surface area contributed by atoms with Crippen molar-refractivity contribution in [2.45, 2.75) is 51.4 Å². The Hall–Kier alpha value is -0.940. The summed E-state index contributed by atoms with van der Waals surface area (Å²) in [6.07, 6.45) is 9.37. The smallest absolute Gasteiger partial charge is 0.283 e. The summed E-state index contributed by atoms with van der Waals surface area (Å²) in [5, 5.41) is 11.1. The van der Waals surface area contributed by atoms with Gasteiger partial charge in [-0.15, -0.1) is 0 Å². The predicted octanol–water partition coefficient (Wildman–Crippen LogP) is 4.59. The van der Waals surface area contributed by atoms with Gasteiger partial charge in [-0.3, -0.25) is 10.1 Å². The predicted molar refractivity (Wildman–Crippen MR) is 88.3 cm³/mol. The van der Waals surface area contributed by atoms with Crippen molar-refractivity contribution >= 4 is 21.6 Å². The van der Waals surface area contributed by atoms with Crippen molar-refractivity contribution < 1.29 is 4.92 Å². The van der Waals surface area contributed by atoms with E-state index in [1.807, 2.05) is 6.07 Å². The van der Waals surface area contributed by atoms with Crippen LogP contribution in [0.1, 0.15) is 50.5 Å². The number of hydrogen-bond acceptors (Lipinski definition) is 3. The molecule has 5 heteroatoms. The number of hydrogen-bond donors (Lipinski definition) is 1. The molecule has 2 N–H and O–H groups in total. The van der Waals surface area contributed by atoms with Gasteiger partial charge in [0.25, 0.3) is 5.69 Å². The van der Waals surface area contributed by atoms with E-state index in [0.717, 1.165) is 24.8 Å². The van der Waals surface area contributed by atoms with Gasteiger partial charge in [-0.2, -0.15) is 0 Å². The molecular weight excluding hydrogens is 332 g/mol. The summed E-state index contributed by atoms with van der Waals surface area (Å²) in [7, 11) is 0. The number of benzene rings is 1. The minimum atomic E-state index is -0.333. The van der Waals surface area contributed by atoms with Crippen molar-refractivity contribution in [1.82, 2.24) is 0 Å². The number of nitrogens with zero attached hydrogens (tertiary/aromatic N) is 1. The van der Waals surface area contributed by atoms with E-state index >= 15 is 0 Å². The first-order valence-electron chi connectivity index (χ1n) is 7.70. The Balaban J connectivity index is 2.25. The minimum absolute atomic E-state index is 0.0954. The Morgan fingerprint density at radius 2 is 1.81 bits per heavy atom. The zero-order valence-electron chi connectivity index (χ0n) is 12.3. The molecule has 0 atom stereocenters. The van der Waals surface area contributed by atoms with E-state index in [2.05, 4.69) is 15.9 Å². The van der Waals surface area contributed by atoms with Gasteiger partial charge < -0.3 is 5.73 Å². The quantitative estimate of drug-likeness (QED) is 0.634. The lowest BCUT2D eigenvalue weighted by atomic mass is 9.72. The first kappa shape index (κ1) is 16.4. The van der Waals surface area contributed by atoms with Crippen LogP contribution in [0.5, 0.6) is 0 Å². The molecule has 1 saturated carbocycles. The molecule has 116 valence electrons. The molecule has 0 spiro atoms. The summed E-state index contributed by atoms with van der Waals surface area (Å²) < 4.78 is 0.616. The summed E-state index contributed by atoms with van der Waals surface area (Å²) in [4.78, 5) is 10.7. The van der Waals surface area contributed by atoms with Gasteiger partial charge >= 0.3 is 0 Å². The molecule has 0 aromatic heterocycles. The van der Waals surface area contributed by atoms with Gasteiger partial charge in [0.05, 0.1) is 9.40 Å². The lowest BCUT2D eigenvalue weighted by molar-refractivity contribution is -0.385. The van der Waals surface area contributed by atoms with E-state index in [9.17, 15) is 10.1 Å². The molecule has 0 saturated heterocycles. The molecule has 0 amide bonds. The zero-order valence-corrected chi connectivity index (χ0v) is 13.9. The standard InChI is InChI=1S/C16H23BrN2O2/c17-15-13(7-6-8-14(15)19(20)21)11-16(12-18)9-4-2-1-3-5-10-16/h6-8H,1-5,9-12,18H2. The fourth-order valence-electron chi connectivity index (χ4n) is 3.36. The highest BCUT2D eigenvalue weighted by molar-refractivity contribution is 9.10. The van der Waals surface area contributed by atoms with E-state index in [1.54, 1.807) is 12.1 Å². The van der Waals surface area contributed by atoms with Crippen LogP contribution in [0.25, 0.3) is 0 Å². The second kappa shape index (κ2) is 7.36. The summed E-state index contributed by atoms with van der Waals surface area (Å²) in [5.74, 6) is 0. The maximum Gasteiger partial charge on any atom is 0.283 e. The maximum absolute atomic E-state index is 11.1. The van der Waals surface area contributed by atoms with E-state index in [0.29, 0.717) is 11.0 Å². The Bertz CT molecular complexity index is 497. The second-order valence-electron chi connectivity index (χ2n) is 6.16. The third-order valence-corrected chi connectivity index (χ3v) is 5.58. The number of nitro benzene ring substituents is 1. The molecule has 0 unspecified atom stereocenters. The SMILES string of the molecule is NCC1(Cc2cccc([N+](=O)[O-])c2Br)CCCCCCC1. The normalized spacial score (nSPS) is 18.8. The van der Waals surface area contributed by atoms with Gasteiger partial charge in [-0.05, 0) is 52.7 Å². The molecule has 0 bridgehead atoms. The van der Waals surface area contributed by atoms with Crippen LogP contribution in [0, 0.1) is 15.5 Å². The highest BCUT2D eigenvalue weighted by Gasteiger charge is 2.30. The number of rotatable bonds is 4. The molecule has 4 nitrogen and oxygen atoms in total. The molecule has 0 aliphatic heterocycles. The lowest BCUT2D eigenvalue weighted by Crippen LogP contribution is -2.33. The largest absolute Gasteiger partial charge is 0.330 e. The summed E-state index contributed by atoms with van der Waals surface area (Å²) >= 11 is 3.41. The van der Waals surface area contributed by atoms with Crippen molar-refractivity contribution in [3.05, 3.63) is 38.3 Å². The summed E-state index contributed by atoms with van der Waals surface area (Å²) in [6.45, 7) is 0.655. The third kappa shape index (κ3) is 4.04. The highest BCUT2D eigenvalue weighted by atomic mass is 79.9. The van der Waals surface area contributed by atoms with E-state index in [4.69, 9.17) is 5.73 Å². The number of nitrogens with two attached hydrogens (primary N) is 1. The minimum Gasteiger partial charge on any atom is -0.330 e. The van der Waals surface area contributed by atoms with E-state index in [1.165, 1.54) is 32.1 Å². The van der Waals surface area contributed by atoms with Crippen LogP contribution in [0.2, 0.25) is 0 Å². The van der Waals surface area contributed by atoms with Crippen LogP contribution in [0.3, 0.4) is 0 Å². The van der Waals surface area contributed by atoms with Crippen LogP contribution in [0.15, 0.2) is 22.7 Å². The monoisotopic (exact) mass is 354 g/mol. The van der Waals surface area contributed by atoms with Crippen LogP contribution < -0.4 is 5.73 Å². The van der Waals surface area contributed by atoms with E-state index < -0.39 is 0 Å². The van der Waals surface area contributed by atoms with Gasteiger partial charge in [0.15, 0.2) is 0 Å². The third-order valence-electron chi connectivity index (χ3n) is 4.67. The topological polar surface area (TPSA) is 69.2 Å². The summed E-state index contributed by atoms with van der Waals surface area (Å²) in [5.41, 5.74) is 7.35. The van der Waals surface area contributed by atoms with Crippen molar-refractivity contribution in [1.29, 1.82) is 0 Å². The average Bonchev–Trinajstić information content (AvgIpc) is 2.44. The molecule has 1 aromatic carbocycles. The van der Waals surface area contributed by atoms with Gasteiger partial charge in [0.1, 0.15) is 0 Å². The molecular formula is C16H23BrN2O2. The van der Waals surface area contributed by atoms with Crippen LogP contribution >= 0.6 is 15.9 Å². The molecule has 1 aliphatic rings. The van der Waals surface area contributed by atoms with Crippen molar-refractivity contribution in [3.63, 3.8) is 0 Å².